The first-order valence-electron chi connectivity index (χ1n) is 3.66. The first-order chi connectivity index (χ1) is 6.24. The minimum absolute atomic E-state index is 0.259. The van der Waals surface area contributed by atoms with E-state index in [1.54, 1.807) is 6.07 Å². The molecule has 1 aromatic heterocycles. The Bertz CT molecular complexity index is 330. The molecule has 1 amide bonds. The number of aromatic nitrogens is 2. The molecule has 0 aliphatic heterocycles. The number of nitrogens with zero attached hydrogens (tertiary/aromatic N) is 3. The summed E-state index contributed by atoms with van der Waals surface area (Å²) in [6.07, 6.45) is 2.86. The van der Waals surface area contributed by atoms with E-state index in [2.05, 4.69) is 15.3 Å². The van der Waals surface area contributed by atoms with Gasteiger partial charge in [-0.15, -0.1) is 0 Å². The van der Waals surface area contributed by atoms with E-state index in [1.165, 1.54) is 19.4 Å². The molecule has 0 aliphatic carbocycles. The maximum atomic E-state index is 10.7. The van der Waals surface area contributed by atoms with Crippen molar-refractivity contribution in [1.82, 2.24) is 15.3 Å². The number of carbonyl (C=O) groups excluding carboxylic acids is 1. The number of nitriles is 1. The third-order valence-corrected chi connectivity index (χ3v) is 1.38. The van der Waals surface area contributed by atoms with Crippen LogP contribution in [0.15, 0.2) is 18.6 Å². The van der Waals surface area contributed by atoms with E-state index in [0.29, 0.717) is 5.69 Å². The minimum atomic E-state index is -0.694. The van der Waals surface area contributed by atoms with Gasteiger partial charge in [-0.2, -0.15) is 5.26 Å². The van der Waals surface area contributed by atoms with Gasteiger partial charge in [0.1, 0.15) is 6.33 Å². The van der Waals surface area contributed by atoms with Crippen molar-refractivity contribution in [3.8, 4) is 6.07 Å². The van der Waals surface area contributed by atoms with Crippen LogP contribution in [-0.2, 0) is 4.79 Å². The SMILES string of the molecule is CC(=O)NC(C#N)c1ccncn1. The molecule has 5 nitrogen and oxygen atoms in total. The summed E-state index contributed by atoms with van der Waals surface area (Å²) in [5, 5.41) is 11.2. The van der Waals surface area contributed by atoms with E-state index in [-0.39, 0.29) is 5.91 Å². The monoisotopic (exact) mass is 176 g/mol. The zero-order chi connectivity index (χ0) is 9.68. The summed E-state index contributed by atoms with van der Waals surface area (Å²) in [7, 11) is 0. The van der Waals surface area contributed by atoms with Gasteiger partial charge in [-0.1, -0.05) is 0 Å². The molecule has 1 aromatic rings. The summed E-state index contributed by atoms with van der Waals surface area (Å²) in [6.45, 7) is 1.35. The van der Waals surface area contributed by atoms with Gasteiger partial charge in [0.15, 0.2) is 6.04 Å². The standard InChI is InChI=1S/C8H8N4O/c1-6(13)12-8(4-9)7-2-3-10-5-11-7/h2-3,5,8H,1H3,(H,12,13). The van der Waals surface area contributed by atoms with Gasteiger partial charge in [-0.3, -0.25) is 4.79 Å². The lowest BCUT2D eigenvalue weighted by Gasteiger charge is -2.07. The van der Waals surface area contributed by atoms with Crippen LogP contribution in [0.25, 0.3) is 0 Å². The molecule has 1 N–H and O–H groups in total. The average Bonchev–Trinajstić information content (AvgIpc) is 2.15. The van der Waals surface area contributed by atoms with Crippen LogP contribution in [0.3, 0.4) is 0 Å². The highest BCUT2D eigenvalue weighted by atomic mass is 16.1. The maximum absolute atomic E-state index is 10.7. The van der Waals surface area contributed by atoms with Crippen LogP contribution in [0, 0.1) is 11.3 Å². The summed E-state index contributed by atoms with van der Waals surface area (Å²) in [4.78, 5) is 18.2. The zero-order valence-corrected chi connectivity index (χ0v) is 7.06. The number of carbonyl (C=O) groups is 1. The van der Waals surface area contributed by atoms with E-state index < -0.39 is 6.04 Å². The van der Waals surface area contributed by atoms with Crippen molar-refractivity contribution in [1.29, 1.82) is 5.26 Å². The fraction of sp³-hybridized carbons (Fsp3) is 0.250. The van der Waals surface area contributed by atoms with E-state index in [1.807, 2.05) is 6.07 Å². The lowest BCUT2D eigenvalue weighted by Crippen LogP contribution is -2.25. The fourth-order valence-electron chi connectivity index (χ4n) is 0.847. The smallest absolute Gasteiger partial charge is 0.218 e. The van der Waals surface area contributed by atoms with Gasteiger partial charge in [-0.05, 0) is 6.07 Å². The Morgan fingerprint density at radius 3 is 3.00 bits per heavy atom. The van der Waals surface area contributed by atoms with Crippen LogP contribution in [0.1, 0.15) is 18.7 Å². The summed E-state index contributed by atoms with van der Waals surface area (Å²) in [5.74, 6) is -0.259. The Kier molecular flexibility index (Phi) is 2.92. The van der Waals surface area contributed by atoms with Gasteiger partial charge in [0.05, 0.1) is 11.8 Å². The number of amides is 1. The summed E-state index contributed by atoms with van der Waals surface area (Å²) in [5.41, 5.74) is 0.493. The summed E-state index contributed by atoms with van der Waals surface area (Å²) < 4.78 is 0. The van der Waals surface area contributed by atoms with Crippen LogP contribution < -0.4 is 5.32 Å². The Morgan fingerprint density at radius 2 is 2.54 bits per heavy atom. The Labute approximate surface area is 75.4 Å². The van der Waals surface area contributed by atoms with Crippen molar-refractivity contribution < 1.29 is 4.79 Å². The topological polar surface area (TPSA) is 78.7 Å². The highest BCUT2D eigenvalue weighted by molar-refractivity contribution is 5.73. The third-order valence-electron chi connectivity index (χ3n) is 1.38. The predicted molar refractivity (Wildman–Crippen MR) is 44.2 cm³/mol. The first-order valence-corrected chi connectivity index (χ1v) is 3.66. The quantitative estimate of drug-likeness (QED) is 0.697. The second-order valence-corrected chi connectivity index (χ2v) is 2.40. The molecule has 66 valence electrons. The molecule has 0 bridgehead atoms. The van der Waals surface area contributed by atoms with E-state index in [0.717, 1.165) is 0 Å². The van der Waals surface area contributed by atoms with E-state index in [4.69, 9.17) is 5.26 Å². The first kappa shape index (κ1) is 9.13. The molecule has 1 unspecified atom stereocenters. The van der Waals surface area contributed by atoms with Crippen molar-refractivity contribution in [2.24, 2.45) is 0 Å². The van der Waals surface area contributed by atoms with Gasteiger partial charge in [-0.25, -0.2) is 9.97 Å². The highest BCUT2D eigenvalue weighted by Crippen LogP contribution is 2.05. The molecular formula is C8H8N4O. The van der Waals surface area contributed by atoms with Gasteiger partial charge < -0.3 is 5.32 Å². The molecular weight excluding hydrogens is 168 g/mol. The molecule has 0 aromatic carbocycles. The molecule has 13 heavy (non-hydrogen) atoms. The maximum Gasteiger partial charge on any atom is 0.218 e. The van der Waals surface area contributed by atoms with Crippen molar-refractivity contribution >= 4 is 5.91 Å². The summed E-state index contributed by atoms with van der Waals surface area (Å²) in [6, 6.07) is 2.82. The van der Waals surface area contributed by atoms with Crippen LogP contribution in [0.2, 0.25) is 0 Å². The molecule has 0 fully saturated rings. The molecule has 0 radical (unpaired) electrons. The Balaban J connectivity index is 2.80. The molecule has 5 heteroatoms. The lowest BCUT2D eigenvalue weighted by atomic mass is 10.2. The van der Waals surface area contributed by atoms with Gasteiger partial charge >= 0.3 is 0 Å². The van der Waals surface area contributed by atoms with Crippen LogP contribution in [0.4, 0.5) is 0 Å². The van der Waals surface area contributed by atoms with Crippen molar-refractivity contribution in [3.63, 3.8) is 0 Å². The molecule has 0 spiro atoms. The van der Waals surface area contributed by atoms with Crippen molar-refractivity contribution in [2.75, 3.05) is 0 Å². The highest BCUT2D eigenvalue weighted by Gasteiger charge is 2.11. The second-order valence-electron chi connectivity index (χ2n) is 2.40. The molecule has 1 heterocycles. The lowest BCUT2D eigenvalue weighted by molar-refractivity contribution is -0.119. The largest absolute Gasteiger partial charge is 0.336 e. The average molecular weight is 176 g/mol. The molecule has 0 saturated heterocycles. The van der Waals surface area contributed by atoms with Crippen LogP contribution in [-0.4, -0.2) is 15.9 Å². The van der Waals surface area contributed by atoms with Gasteiger partial charge in [0.25, 0.3) is 0 Å². The van der Waals surface area contributed by atoms with Crippen LogP contribution in [0.5, 0.6) is 0 Å². The van der Waals surface area contributed by atoms with Crippen molar-refractivity contribution in [2.45, 2.75) is 13.0 Å². The van der Waals surface area contributed by atoms with Gasteiger partial charge in [0.2, 0.25) is 5.91 Å². The number of hydrogen-bond acceptors (Lipinski definition) is 4. The number of rotatable bonds is 2. The molecule has 1 rings (SSSR count). The van der Waals surface area contributed by atoms with Crippen molar-refractivity contribution in [3.05, 3.63) is 24.3 Å². The summed E-state index contributed by atoms with van der Waals surface area (Å²) >= 11 is 0. The Morgan fingerprint density at radius 1 is 1.77 bits per heavy atom. The molecule has 0 aliphatic rings. The minimum Gasteiger partial charge on any atom is -0.336 e. The molecule has 1 atom stereocenters. The van der Waals surface area contributed by atoms with E-state index in [9.17, 15) is 4.79 Å². The normalized spacial score (nSPS) is 11.4. The second kappa shape index (κ2) is 4.16. The predicted octanol–water partition coefficient (Wildman–Crippen LogP) is 0.177. The Hall–Kier alpha value is -1.96. The number of hydrogen-bond donors (Lipinski definition) is 1. The molecule has 0 saturated carbocycles. The fourth-order valence-corrected chi connectivity index (χ4v) is 0.847. The zero-order valence-electron chi connectivity index (χ0n) is 7.06. The van der Waals surface area contributed by atoms with Gasteiger partial charge in [0, 0.05) is 13.1 Å². The number of nitrogens with one attached hydrogen (secondary N) is 1. The third kappa shape index (κ3) is 2.52. The van der Waals surface area contributed by atoms with E-state index >= 15 is 0 Å². The van der Waals surface area contributed by atoms with Crippen LogP contribution >= 0.6 is 0 Å².